The summed E-state index contributed by atoms with van der Waals surface area (Å²) in [6, 6.07) is 2.70. The number of carbonyl (C=O) groups is 1. The minimum Gasteiger partial charge on any atom is -0.350 e. The van der Waals surface area contributed by atoms with E-state index in [9.17, 15) is 13.2 Å². The van der Waals surface area contributed by atoms with E-state index in [0.29, 0.717) is 0 Å². The van der Waals surface area contributed by atoms with Crippen molar-refractivity contribution in [2.45, 2.75) is 16.8 Å². The fourth-order valence-electron chi connectivity index (χ4n) is 2.01. The quantitative estimate of drug-likeness (QED) is 0.645. The Kier molecular flexibility index (Phi) is 5.52. The van der Waals surface area contributed by atoms with Crippen molar-refractivity contribution >= 4 is 27.3 Å². The normalized spacial score (nSPS) is 13.0. The highest BCUT2D eigenvalue weighted by molar-refractivity contribution is 7.91. The molecule has 0 radical (unpaired) electrons. The first kappa shape index (κ1) is 17.6. The van der Waals surface area contributed by atoms with Crippen LogP contribution < -0.4 is 15.4 Å². The third kappa shape index (κ3) is 4.16. The van der Waals surface area contributed by atoms with Gasteiger partial charge in [0.2, 0.25) is 15.9 Å². The van der Waals surface area contributed by atoms with E-state index in [4.69, 9.17) is 0 Å². The zero-order chi connectivity index (χ0) is 17.0. The Bertz CT molecular complexity index is 781. The molecule has 0 aliphatic rings. The number of nitrogens with one attached hydrogen (secondary N) is 3. The average Bonchev–Trinajstić information content (AvgIpc) is 3.15. The highest BCUT2D eigenvalue weighted by atomic mass is 32.2. The molecule has 0 aliphatic carbocycles. The fourth-order valence-corrected chi connectivity index (χ4v) is 4.15. The van der Waals surface area contributed by atoms with Gasteiger partial charge in [0, 0.05) is 23.7 Å². The lowest BCUT2D eigenvalue weighted by molar-refractivity contribution is -0.123. The van der Waals surface area contributed by atoms with Gasteiger partial charge in [-0.1, -0.05) is 0 Å². The van der Waals surface area contributed by atoms with Crippen LogP contribution in [0.5, 0.6) is 0 Å². The Morgan fingerprint density at radius 1 is 1.39 bits per heavy atom. The molecule has 0 saturated heterocycles. The van der Waals surface area contributed by atoms with Crippen molar-refractivity contribution < 1.29 is 13.2 Å². The van der Waals surface area contributed by atoms with Crippen molar-refractivity contribution in [3.05, 3.63) is 35.0 Å². The molecule has 2 aromatic rings. The van der Waals surface area contributed by atoms with Gasteiger partial charge in [0.1, 0.15) is 10.3 Å². The molecule has 2 heterocycles. The van der Waals surface area contributed by atoms with E-state index in [0.717, 1.165) is 21.8 Å². The van der Waals surface area contributed by atoms with E-state index < -0.39 is 16.1 Å². The number of amides is 1. The number of hydrogen-bond donors (Lipinski definition) is 3. The lowest BCUT2D eigenvalue weighted by Gasteiger charge is -2.14. The molecule has 1 unspecified atom stereocenters. The van der Waals surface area contributed by atoms with Crippen molar-refractivity contribution in [2.24, 2.45) is 7.05 Å². The number of thiophene rings is 1. The molecule has 1 atom stereocenters. The van der Waals surface area contributed by atoms with Gasteiger partial charge in [-0.2, -0.15) is 5.10 Å². The summed E-state index contributed by atoms with van der Waals surface area (Å²) in [5.41, 5.74) is 0.761. The van der Waals surface area contributed by atoms with Crippen LogP contribution in [0.3, 0.4) is 0 Å². The van der Waals surface area contributed by atoms with E-state index in [1.807, 2.05) is 0 Å². The third-order valence-corrected chi connectivity index (χ3v) is 6.21. The molecular weight excluding hydrogens is 338 g/mol. The first-order chi connectivity index (χ1) is 10.9. The molecule has 10 heteroatoms. The maximum atomic E-state index is 12.3. The molecule has 0 aromatic carbocycles. The van der Waals surface area contributed by atoms with Crippen LogP contribution >= 0.6 is 11.3 Å². The lowest BCUT2D eigenvalue weighted by atomic mass is 10.1. The Balaban J connectivity index is 2.01. The summed E-state index contributed by atoms with van der Waals surface area (Å²) in [4.78, 5) is 13.0. The van der Waals surface area contributed by atoms with Gasteiger partial charge in [-0.25, -0.2) is 13.1 Å². The second-order valence-electron chi connectivity index (χ2n) is 4.82. The molecule has 0 spiro atoms. The number of hydrogen-bond acceptors (Lipinski definition) is 6. The summed E-state index contributed by atoms with van der Waals surface area (Å²) in [5.74, 6) is -0.202. The molecular formula is C13H19N5O3S2. The number of aryl methyl sites for hydroxylation is 1. The van der Waals surface area contributed by atoms with Crippen molar-refractivity contribution in [3.8, 4) is 0 Å². The standard InChI is InChI=1S/C13H19N5O3S2/c1-14-12(9-6-17-18(3)8-9)13(19)16-7-10-4-5-11(22-10)23(20,21)15-2/h4-6,8,12,14-15H,7H2,1-3H3,(H,16,19). The topological polar surface area (TPSA) is 105 Å². The first-order valence-electron chi connectivity index (χ1n) is 6.83. The summed E-state index contributed by atoms with van der Waals surface area (Å²) >= 11 is 1.12. The molecule has 2 aromatic heterocycles. The molecule has 2 rings (SSSR count). The van der Waals surface area contributed by atoms with Crippen LogP contribution in [0, 0.1) is 0 Å². The van der Waals surface area contributed by atoms with E-state index in [-0.39, 0.29) is 16.7 Å². The predicted molar refractivity (Wildman–Crippen MR) is 87.4 cm³/mol. The fraction of sp³-hybridized carbons (Fsp3) is 0.385. The van der Waals surface area contributed by atoms with Gasteiger partial charge in [-0.3, -0.25) is 9.48 Å². The zero-order valence-corrected chi connectivity index (χ0v) is 14.7. The van der Waals surface area contributed by atoms with Gasteiger partial charge >= 0.3 is 0 Å². The average molecular weight is 357 g/mol. The Labute approximate surface area is 138 Å². The molecule has 0 aliphatic heterocycles. The molecule has 0 bridgehead atoms. The van der Waals surface area contributed by atoms with Crippen molar-refractivity contribution in [3.63, 3.8) is 0 Å². The number of nitrogens with zero attached hydrogens (tertiary/aromatic N) is 2. The second-order valence-corrected chi connectivity index (χ2v) is 8.10. The van der Waals surface area contributed by atoms with Crippen molar-refractivity contribution in [1.82, 2.24) is 25.1 Å². The van der Waals surface area contributed by atoms with Crippen molar-refractivity contribution in [2.75, 3.05) is 14.1 Å². The highest BCUT2D eigenvalue weighted by Crippen LogP contribution is 2.21. The van der Waals surface area contributed by atoms with E-state index in [2.05, 4.69) is 20.5 Å². The molecule has 8 nitrogen and oxygen atoms in total. The Morgan fingerprint density at radius 2 is 2.13 bits per heavy atom. The highest BCUT2D eigenvalue weighted by Gasteiger charge is 2.20. The predicted octanol–water partition coefficient (Wildman–Crippen LogP) is -0.0334. The summed E-state index contributed by atoms with van der Waals surface area (Å²) in [6.07, 6.45) is 3.40. The maximum absolute atomic E-state index is 12.3. The van der Waals surface area contributed by atoms with Gasteiger partial charge in [0.25, 0.3) is 0 Å². The van der Waals surface area contributed by atoms with E-state index >= 15 is 0 Å². The number of rotatable bonds is 7. The van der Waals surface area contributed by atoms with E-state index in [1.165, 1.54) is 13.1 Å². The number of aromatic nitrogens is 2. The zero-order valence-electron chi connectivity index (χ0n) is 13.0. The number of sulfonamides is 1. The van der Waals surface area contributed by atoms with Gasteiger partial charge in [-0.05, 0) is 26.2 Å². The largest absolute Gasteiger partial charge is 0.350 e. The summed E-state index contributed by atoms with van der Waals surface area (Å²) < 4.78 is 27.5. The van der Waals surface area contributed by atoms with E-state index in [1.54, 1.807) is 37.2 Å². The van der Waals surface area contributed by atoms with Gasteiger partial charge in [0.15, 0.2) is 0 Å². The molecule has 23 heavy (non-hydrogen) atoms. The maximum Gasteiger partial charge on any atom is 0.249 e. The SMILES string of the molecule is CNC(C(=O)NCc1ccc(S(=O)(=O)NC)s1)c1cnn(C)c1. The Morgan fingerprint density at radius 3 is 2.70 bits per heavy atom. The number of carbonyl (C=O) groups excluding carboxylic acids is 1. The molecule has 0 fully saturated rings. The number of likely N-dealkylation sites (N-methyl/N-ethyl adjacent to an activating group) is 1. The third-order valence-electron chi connectivity index (χ3n) is 3.22. The summed E-state index contributed by atoms with van der Waals surface area (Å²) in [7, 11) is 1.39. The molecule has 1 amide bonds. The molecule has 0 saturated carbocycles. The minimum atomic E-state index is -3.44. The monoisotopic (exact) mass is 357 g/mol. The minimum absolute atomic E-state index is 0.202. The van der Waals surface area contributed by atoms with Gasteiger partial charge in [0.05, 0.1) is 12.7 Å². The van der Waals surface area contributed by atoms with Crippen molar-refractivity contribution in [1.29, 1.82) is 0 Å². The van der Waals surface area contributed by atoms with Crippen LogP contribution in [0.4, 0.5) is 0 Å². The van der Waals surface area contributed by atoms with Gasteiger partial charge in [-0.15, -0.1) is 11.3 Å². The van der Waals surface area contributed by atoms with Gasteiger partial charge < -0.3 is 10.6 Å². The molecule has 126 valence electrons. The van der Waals surface area contributed by atoms with Crippen LogP contribution in [0.25, 0.3) is 0 Å². The van der Waals surface area contributed by atoms with Crippen LogP contribution in [0.1, 0.15) is 16.5 Å². The van der Waals surface area contributed by atoms with Crippen LogP contribution in [-0.4, -0.2) is 38.2 Å². The smallest absolute Gasteiger partial charge is 0.249 e. The lowest BCUT2D eigenvalue weighted by Crippen LogP contribution is -2.35. The summed E-state index contributed by atoms with van der Waals surface area (Å²) in [5, 5.41) is 9.79. The van der Waals surface area contributed by atoms with Crippen LogP contribution in [-0.2, 0) is 28.4 Å². The summed E-state index contributed by atoms with van der Waals surface area (Å²) in [6.45, 7) is 0.265. The second kappa shape index (κ2) is 7.21. The Hall–Kier alpha value is -1.75. The first-order valence-corrected chi connectivity index (χ1v) is 9.13. The van der Waals surface area contributed by atoms with Crippen LogP contribution in [0.15, 0.2) is 28.7 Å². The molecule has 3 N–H and O–H groups in total. The van der Waals surface area contributed by atoms with Crippen LogP contribution in [0.2, 0.25) is 0 Å².